The second-order valence-corrected chi connectivity index (χ2v) is 2.45. The third-order valence-electron chi connectivity index (χ3n) is 1.63. The summed E-state index contributed by atoms with van der Waals surface area (Å²) in [6.07, 6.45) is 1.52. The van der Waals surface area contributed by atoms with E-state index in [9.17, 15) is 0 Å². The van der Waals surface area contributed by atoms with Crippen LogP contribution in [0.4, 0.5) is 11.4 Å². The lowest BCUT2D eigenvalue weighted by molar-refractivity contribution is 0.617. The monoisotopic (exact) mass is 148 g/mol. The Kier molecular flexibility index (Phi) is 1.06. The molecule has 0 radical (unpaired) electrons. The molecule has 1 aromatic heterocycles. The fourth-order valence-electron chi connectivity index (χ4n) is 1.07. The smallest absolute Gasteiger partial charge is 0.138 e. The molecular weight excluding hydrogens is 140 g/mol. The molecule has 4 N–H and O–H groups in total. The van der Waals surface area contributed by atoms with Gasteiger partial charge in [-0.3, -0.25) is 0 Å². The molecule has 0 unspecified atom stereocenters. The van der Waals surface area contributed by atoms with Gasteiger partial charge >= 0.3 is 0 Å². The summed E-state index contributed by atoms with van der Waals surface area (Å²) < 4.78 is 5.12. The van der Waals surface area contributed by atoms with Gasteiger partial charge in [0.05, 0.1) is 5.69 Å². The Hall–Kier alpha value is -1.64. The van der Waals surface area contributed by atoms with E-state index in [-0.39, 0.29) is 0 Å². The lowest BCUT2D eigenvalue weighted by Crippen LogP contribution is -1.83. The highest BCUT2D eigenvalue weighted by atomic mass is 16.3. The van der Waals surface area contributed by atoms with Crippen LogP contribution in [0.3, 0.4) is 0 Å². The molecule has 0 saturated heterocycles. The van der Waals surface area contributed by atoms with Crippen LogP contribution in [0.5, 0.6) is 0 Å². The molecular formula is C8H8N2O. The van der Waals surface area contributed by atoms with Gasteiger partial charge in [0.25, 0.3) is 0 Å². The normalized spacial score (nSPS) is 10.5. The van der Waals surface area contributed by atoms with Gasteiger partial charge < -0.3 is 15.9 Å². The molecule has 0 aliphatic heterocycles. The number of nitrogen functional groups attached to an aromatic ring is 2. The SMILES string of the molecule is Nc1ccc2c(N)coc2c1. The zero-order valence-corrected chi connectivity index (χ0v) is 5.87. The van der Waals surface area contributed by atoms with Crippen LogP contribution >= 0.6 is 0 Å². The summed E-state index contributed by atoms with van der Waals surface area (Å²) in [5.74, 6) is 0. The number of hydrogen-bond acceptors (Lipinski definition) is 3. The van der Waals surface area contributed by atoms with Gasteiger partial charge in [-0.25, -0.2) is 0 Å². The largest absolute Gasteiger partial charge is 0.462 e. The number of furan rings is 1. The van der Waals surface area contributed by atoms with Crippen molar-refractivity contribution in [2.24, 2.45) is 0 Å². The second kappa shape index (κ2) is 1.92. The fraction of sp³-hybridized carbons (Fsp3) is 0. The summed E-state index contributed by atoms with van der Waals surface area (Å²) in [4.78, 5) is 0. The highest BCUT2D eigenvalue weighted by Crippen LogP contribution is 2.24. The summed E-state index contributed by atoms with van der Waals surface area (Å²) in [5.41, 5.74) is 13.2. The molecule has 0 amide bonds. The highest BCUT2D eigenvalue weighted by Gasteiger charge is 2.00. The summed E-state index contributed by atoms with van der Waals surface area (Å²) >= 11 is 0. The Balaban J connectivity index is 2.86. The summed E-state index contributed by atoms with van der Waals surface area (Å²) in [6.45, 7) is 0. The maximum Gasteiger partial charge on any atom is 0.138 e. The third kappa shape index (κ3) is 0.816. The van der Waals surface area contributed by atoms with Crippen LogP contribution in [0.15, 0.2) is 28.9 Å². The van der Waals surface area contributed by atoms with Crippen molar-refractivity contribution in [1.82, 2.24) is 0 Å². The minimum absolute atomic E-state index is 0.653. The Morgan fingerprint density at radius 1 is 1.18 bits per heavy atom. The predicted molar refractivity (Wildman–Crippen MR) is 45.0 cm³/mol. The van der Waals surface area contributed by atoms with Crippen molar-refractivity contribution in [2.75, 3.05) is 11.5 Å². The van der Waals surface area contributed by atoms with Gasteiger partial charge in [0.1, 0.15) is 11.8 Å². The first-order valence-corrected chi connectivity index (χ1v) is 3.29. The van der Waals surface area contributed by atoms with E-state index in [0.29, 0.717) is 11.4 Å². The van der Waals surface area contributed by atoms with Crippen LogP contribution in [-0.4, -0.2) is 0 Å². The summed E-state index contributed by atoms with van der Waals surface area (Å²) in [5, 5.41) is 0.916. The minimum Gasteiger partial charge on any atom is -0.462 e. The lowest BCUT2D eigenvalue weighted by atomic mass is 10.2. The van der Waals surface area contributed by atoms with E-state index < -0.39 is 0 Å². The topological polar surface area (TPSA) is 65.2 Å². The first-order valence-electron chi connectivity index (χ1n) is 3.29. The molecule has 56 valence electrons. The molecule has 0 atom stereocenters. The highest BCUT2D eigenvalue weighted by molar-refractivity contribution is 5.90. The minimum atomic E-state index is 0.653. The van der Waals surface area contributed by atoms with E-state index in [1.165, 1.54) is 6.26 Å². The average molecular weight is 148 g/mol. The Morgan fingerprint density at radius 2 is 2.00 bits per heavy atom. The molecule has 1 heterocycles. The first kappa shape index (κ1) is 6.09. The van der Waals surface area contributed by atoms with Crippen molar-refractivity contribution >= 4 is 22.3 Å². The van der Waals surface area contributed by atoms with Crippen LogP contribution in [0.2, 0.25) is 0 Å². The van der Waals surface area contributed by atoms with Crippen LogP contribution in [-0.2, 0) is 0 Å². The van der Waals surface area contributed by atoms with Crippen molar-refractivity contribution in [3.63, 3.8) is 0 Å². The van der Waals surface area contributed by atoms with Gasteiger partial charge in [-0.1, -0.05) is 0 Å². The molecule has 0 bridgehead atoms. The van der Waals surface area contributed by atoms with Gasteiger partial charge in [-0.15, -0.1) is 0 Å². The van der Waals surface area contributed by atoms with Gasteiger partial charge in [0, 0.05) is 17.1 Å². The molecule has 0 saturated carbocycles. The zero-order valence-electron chi connectivity index (χ0n) is 5.87. The van der Waals surface area contributed by atoms with Crippen molar-refractivity contribution < 1.29 is 4.42 Å². The van der Waals surface area contributed by atoms with Crippen LogP contribution in [0, 0.1) is 0 Å². The number of fused-ring (bicyclic) bond motifs is 1. The van der Waals surface area contributed by atoms with Crippen molar-refractivity contribution in [2.45, 2.75) is 0 Å². The second-order valence-electron chi connectivity index (χ2n) is 2.45. The lowest BCUT2D eigenvalue weighted by Gasteiger charge is -1.91. The quantitative estimate of drug-likeness (QED) is 0.557. The average Bonchev–Trinajstić information content (AvgIpc) is 2.32. The van der Waals surface area contributed by atoms with Crippen LogP contribution < -0.4 is 11.5 Å². The molecule has 0 aliphatic rings. The number of benzene rings is 1. The molecule has 2 rings (SSSR count). The van der Waals surface area contributed by atoms with Crippen LogP contribution in [0.25, 0.3) is 11.0 Å². The Bertz CT molecular complexity index is 392. The van der Waals surface area contributed by atoms with E-state index >= 15 is 0 Å². The first-order chi connectivity index (χ1) is 5.27. The van der Waals surface area contributed by atoms with Gasteiger partial charge in [-0.05, 0) is 12.1 Å². The van der Waals surface area contributed by atoms with E-state index in [4.69, 9.17) is 15.9 Å². The molecule has 1 aromatic carbocycles. The molecule has 0 spiro atoms. The maximum absolute atomic E-state index is 5.59. The summed E-state index contributed by atoms with van der Waals surface area (Å²) in [6, 6.07) is 5.41. The van der Waals surface area contributed by atoms with Gasteiger partial charge in [0.15, 0.2) is 0 Å². The van der Waals surface area contributed by atoms with Crippen LogP contribution in [0.1, 0.15) is 0 Å². The number of hydrogen-bond donors (Lipinski definition) is 2. The number of anilines is 2. The van der Waals surface area contributed by atoms with Crippen molar-refractivity contribution in [1.29, 1.82) is 0 Å². The molecule has 3 nitrogen and oxygen atoms in total. The standard InChI is InChI=1S/C8H8N2O/c9-5-1-2-6-7(10)4-11-8(6)3-5/h1-4H,9-10H2. The van der Waals surface area contributed by atoms with Crippen molar-refractivity contribution in [3.05, 3.63) is 24.5 Å². The van der Waals surface area contributed by atoms with E-state index in [1.54, 1.807) is 12.1 Å². The molecule has 0 fully saturated rings. The predicted octanol–water partition coefficient (Wildman–Crippen LogP) is 1.60. The molecule has 3 heteroatoms. The molecule has 11 heavy (non-hydrogen) atoms. The zero-order chi connectivity index (χ0) is 7.84. The third-order valence-corrected chi connectivity index (χ3v) is 1.63. The van der Waals surface area contributed by atoms with E-state index in [0.717, 1.165) is 11.0 Å². The fourth-order valence-corrected chi connectivity index (χ4v) is 1.07. The summed E-state index contributed by atoms with van der Waals surface area (Å²) in [7, 11) is 0. The molecule has 0 aliphatic carbocycles. The van der Waals surface area contributed by atoms with E-state index in [2.05, 4.69) is 0 Å². The van der Waals surface area contributed by atoms with E-state index in [1.807, 2.05) is 6.07 Å². The maximum atomic E-state index is 5.59. The number of nitrogens with two attached hydrogens (primary N) is 2. The van der Waals surface area contributed by atoms with Crippen molar-refractivity contribution in [3.8, 4) is 0 Å². The Labute approximate surface area is 63.6 Å². The Morgan fingerprint density at radius 3 is 2.82 bits per heavy atom. The number of rotatable bonds is 0. The molecule has 2 aromatic rings. The van der Waals surface area contributed by atoms with Gasteiger partial charge in [-0.2, -0.15) is 0 Å². The van der Waals surface area contributed by atoms with Gasteiger partial charge in [0.2, 0.25) is 0 Å².